The Morgan fingerprint density at radius 2 is 1.74 bits per heavy atom. The molecule has 3 rings (SSSR count). The van der Waals surface area contributed by atoms with Crippen LogP contribution in [0, 0.1) is 11.6 Å². The molecule has 174 valence electrons. The fourth-order valence-electron chi connectivity index (χ4n) is 4.00. The molecule has 0 unspecified atom stereocenters. The molecule has 2 saturated heterocycles. The van der Waals surface area contributed by atoms with Crippen LogP contribution in [-0.4, -0.2) is 85.5 Å². The second-order valence-corrected chi connectivity index (χ2v) is 7.93. The van der Waals surface area contributed by atoms with E-state index in [1.54, 1.807) is 0 Å². The van der Waals surface area contributed by atoms with Gasteiger partial charge in [-0.15, -0.1) is 24.0 Å². The van der Waals surface area contributed by atoms with E-state index in [-0.39, 0.29) is 29.9 Å². The Morgan fingerprint density at radius 1 is 1.03 bits per heavy atom. The average Bonchev–Trinajstić information content (AvgIpc) is 2.76. The van der Waals surface area contributed by atoms with Crippen molar-refractivity contribution in [2.24, 2.45) is 4.99 Å². The number of piperazine rings is 1. The molecule has 0 aliphatic carbocycles. The highest BCUT2D eigenvalue weighted by molar-refractivity contribution is 14.0. The first-order valence-corrected chi connectivity index (χ1v) is 11.0. The molecule has 6 nitrogen and oxygen atoms in total. The molecule has 1 N–H and O–H groups in total. The number of benzene rings is 1. The number of carbonyl (C=O) groups is 1. The number of amides is 1. The highest BCUT2D eigenvalue weighted by Gasteiger charge is 2.24. The van der Waals surface area contributed by atoms with Gasteiger partial charge in [0.1, 0.15) is 11.6 Å². The van der Waals surface area contributed by atoms with Crippen molar-refractivity contribution in [3.8, 4) is 0 Å². The number of rotatable bonds is 6. The van der Waals surface area contributed by atoms with Crippen molar-refractivity contribution in [2.45, 2.75) is 32.6 Å². The predicted octanol–water partition coefficient (Wildman–Crippen LogP) is 2.72. The first kappa shape index (κ1) is 25.8. The quantitative estimate of drug-likeness (QED) is 0.337. The minimum absolute atomic E-state index is 0. The molecule has 0 saturated carbocycles. The lowest BCUT2D eigenvalue weighted by atomic mass is 10.1. The molecule has 1 aromatic carbocycles. The van der Waals surface area contributed by atoms with Crippen LogP contribution in [0.5, 0.6) is 0 Å². The number of halogens is 3. The Bertz CT molecular complexity index is 735. The largest absolute Gasteiger partial charge is 0.357 e. The summed E-state index contributed by atoms with van der Waals surface area (Å²) in [6.45, 7) is 8.59. The minimum Gasteiger partial charge on any atom is -0.357 e. The number of guanidine groups is 1. The van der Waals surface area contributed by atoms with Crippen molar-refractivity contribution in [1.82, 2.24) is 20.0 Å². The zero-order chi connectivity index (χ0) is 21.3. The Labute approximate surface area is 201 Å². The lowest BCUT2D eigenvalue weighted by molar-refractivity contribution is -0.133. The predicted molar refractivity (Wildman–Crippen MR) is 130 cm³/mol. The molecule has 0 radical (unpaired) electrons. The summed E-state index contributed by atoms with van der Waals surface area (Å²) in [7, 11) is 0. The number of hydrogen-bond donors (Lipinski definition) is 1. The number of nitrogens with zero attached hydrogens (tertiary/aromatic N) is 4. The van der Waals surface area contributed by atoms with Crippen molar-refractivity contribution in [2.75, 3.05) is 58.9 Å². The number of nitrogens with one attached hydrogen (secondary N) is 1. The molecule has 2 fully saturated rings. The monoisotopic (exact) mass is 549 g/mol. The summed E-state index contributed by atoms with van der Waals surface area (Å²) in [5.74, 6) is 0.193. The second kappa shape index (κ2) is 13.1. The van der Waals surface area contributed by atoms with Gasteiger partial charge >= 0.3 is 0 Å². The molecule has 2 aliphatic heterocycles. The van der Waals surface area contributed by atoms with Crippen LogP contribution in [0.3, 0.4) is 0 Å². The first-order valence-electron chi connectivity index (χ1n) is 11.0. The van der Waals surface area contributed by atoms with Gasteiger partial charge in [0.15, 0.2) is 5.96 Å². The minimum atomic E-state index is -0.433. The molecule has 0 aromatic heterocycles. The van der Waals surface area contributed by atoms with Crippen LogP contribution in [-0.2, 0) is 11.2 Å². The summed E-state index contributed by atoms with van der Waals surface area (Å²) in [5, 5.41) is 3.29. The third kappa shape index (κ3) is 7.85. The average molecular weight is 549 g/mol. The molecule has 0 atom stereocenters. The molecule has 0 bridgehead atoms. The summed E-state index contributed by atoms with van der Waals surface area (Å²) >= 11 is 0. The molecule has 31 heavy (non-hydrogen) atoms. The number of carbonyl (C=O) groups excluding carboxylic acids is 1. The maximum absolute atomic E-state index is 13.8. The van der Waals surface area contributed by atoms with E-state index in [4.69, 9.17) is 0 Å². The molecule has 2 aliphatic rings. The molecular weight excluding hydrogens is 515 g/mol. The molecule has 0 spiro atoms. The van der Waals surface area contributed by atoms with Gasteiger partial charge in [-0.25, -0.2) is 8.78 Å². The topological polar surface area (TPSA) is 51.2 Å². The van der Waals surface area contributed by atoms with E-state index in [9.17, 15) is 13.6 Å². The van der Waals surface area contributed by atoms with Crippen molar-refractivity contribution in [3.05, 3.63) is 35.4 Å². The second-order valence-electron chi connectivity index (χ2n) is 7.93. The fraction of sp³-hybridized carbons (Fsp3) is 0.636. The maximum atomic E-state index is 13.8. The molecule has 1 aromatic rings. The van der Waals surface area contributed by atoms with Gasteiger partial charge < -0.3 is 15.1 Å². The Balaban J connectivity index is 0.00000341. The maximum Gasteiger partial charge on any atom is 0.236 e. The van der Waals surface area contributed by atoms with Crippen LogP contribution in [0.25, 0.3) is 0 Å². The first-order chi connectivity index (χ1) is 14.6. The standard InChI is InChI=1S/C22H33F2N5O.HI/c1-2-25-22(26-9-8-18-16-19(23)6-7-20(18)24)29-14-12-27(13-15-29)17-21(30)28-10-4-3-5-11-28;/h6-7,16H,2-5,8-15,17H2,1H3,(H,25,26);1H. The molecule has 9 heteroatoms. The van der Waals surface area contributed by atoms with E-state index in [2.05, 4.69) is 20.1 Å². The lowest BCUT2D eigenvalue weighted by Gasteiger charge is -2.37. The zero-order valence-corrected chi connectivity index (χ0v) is 20.6. The van der Waals surface area contributed by atoms with E-state index >= 15 is 0 Å². The zero-order valence-electron chi connectivity index (χ0n) is 18.3. The normalized spacial score (nSPS) is 18.0. The van der Waals surface area contributed by atoms with Gasteiger partial charge in [0.05, 0.1) is 6.54 Å². The summed E-state index contributed by atoms with van der Waals surface area (Å²) in [4.78, 5) is 23.5. The van der Waals surface area contributed by atoms with Gasteiger partial charge in [-0.2, -0.15) is 0 Å². The highest BCUT2D eigenvalue weighted by atomic mass is 127. The van der Waals surface area contributed by atoms with Crippen LogP contribution < -0.4 is 5.32 Å². The van der Waals surface area contributed by atoms with Gasteiger partial charge in [0.2, 0.25) is 5.91 Å². The van der Waals surface area contributed by atoms with Crippen LogP contribution in [0.2, 0.25) is 0 Å². The van der Waals surface area contributed by atoms with E-state index in [1.807, 2.05) is 11.8 Å². The van der Waals surface area contributed by atoms with Crippen molar-refractivity contribution >= 4 is 35.8 Å². The summed E-state index contributed by atoms with van der Waals surface area (Å²) in [6.07, 6.45) is 3.80. The number of piperidine rings is 1. The highest BCUT2D eigenvalue weighted by Crippen LogP contribution is 2.12. The van der Waals surface area contributed by atoms with Gasteiger partial charge in [-0.1, -0.05) is 0 Å². The smallest absolute Gasteiger partial charge is 0.236 e. The third-order valence-corrected chi connectivity index (χ3v) is 5.72. The van der Waals surface area contributed by atoms with Crippen molar-refractivity contribution in [1.29, 1.82) is 0 Å². The van der Waals surface area contributed by atoms with E-state index < -0.39 is 11.6 Å². The lowest BCUT2D eigenvalue weighted by Crippen LogP contribution is -2.54. The Hall–Kier alpha value is -1.49. The van der Waals surface area contributed by atoms with Crippen molar-refractivity contribution < 1.29 is 13.6 Å². The van der Waals surface area contributed by atoms with Gasteiger partial charge in [0, 0.05) is 52.4 Å². The molecule has 1 amide bonds. The van der Waals surface area contributed by atoms with Gasteiger partial charge in [-0.05, 0) is 56.4 Å². The van der Waals surface area contributed by atoms with Crippen LogP contribution in [0.1, 0.15) is 31.7 Å². The van der Waals surface area contributed by atoms with Gasteiger partial charge in [-0.3, -0.25) is 14.7 Å². The fourth-order valence-corrected chi connectivity index (χ4v) is 4.00. The van der Waals surface area contributed by atoms with Crippen molar-refractivity contribution in [3.63, 3.8) is 0 Å². The SMILES string of the molecule is CCNC(=NCCc1cc(F)ccc1F)N1CCN(CC(=O)N2CCCCC2)CC1.I. The number of aliphatic imine (C=N–C) groups is 1. The summed E-state index contributed by atoms with van der Waals surface area (Å²) in [6, 6.07) is 3.52. The third-order valence-electron chi connectivity index (χ3n) is 5.72. The number of likely N-dealkylation sites (tertiary alicyclic amines) is 1. The van der Waals surface area contributed by atoms with E-state index in [0.717, 1.165) is 76.7 Å². The van der Waals surface area contributed by atoms with Gasteiger partial charge in [0.25, 0.3) is 0 Å². The van der Waals surface area contributed by atoms with Crippen LogP contribution >= 0.6 is 24.0 Å². The van der Waals surface area contributed by atoms with Crippen LogP contribution in [0.15, 0.2) is 23.2 Å². The van der Waals surface area contributed by atoms with E-state index in [1.165, 1.54) is 12.5 Å². The summed E-state index contributed by atoms with van der Waals surface area (Å²) in [5.41, 5.74) is 0.343. The molecular formula is C22H34F2IN5O. The number of hydrogen-bond acceptors (Lipinski definition) is 3. The summed E-state index contributed by atoms with van der Waals surface area (Å²) < 4.78 is 27.1. The Morgan fingerprint density at radius 3 is 2.42 bits per heavy atom. The van der Waals surface area contributed by atoms with Crippen LogP contribution in [0.4, 0.5) is 8.78 Å². The Kier molecular flexibility index (Phi) is 10.9. The van der Waals surface area contributed by atoms with E-state index in [0.29, 0.717) is 25.1 Å². The molecule has 2 heterocycles.